The molecule has 2 aromatic heterocycles. The minimum absolute atomic E-state index is 0.504. The zero-order valence-corrected chi connectivity index (χ0v) is 9.61. The molecule has 1 fully saturated rings. The molecular formula is C9H14N8. The SMILES string of the molecule is Cn1nnc(Cn2cc(CNC3CC3)nn2)n1. The fourth-order valence-electron chi connectivity index (χ4n) is 1.56. The fraction of sp³-hybridized carbons (Fsp3) is 0.667. The molecule has 2 heterocycles. The van der Waals surface area contributed by atoms with Crippen molar-refractivity contribution in [2.24, 2.45) is 7.05 Å². The van der Waals surface area contributed by atoms with Crippen LogP contribution in [-0.4, -0.2) is 41.2 Å². The highest BCUT2D eigenvalue weighted by Crippen LogP contribution is 2.18. The van der Waals surface area contributed by atoms with E-state index in [1.807, 2.05) is 6.20 Å². The highest BCUT2D eigenvalue weighted by molar-refractivity contribution is 4.95. The van der Waals surface area contributed by atoms with Gasteiger partial charge in [0.25, 0.3) is 0 Å². The molecule has 1 N–H and O–H groups in total. The van der Waals surface area contributed by atoms with E-state index in [0.717, 1.165) is 12.2 Å². The Kier molecular flexibility index (Phi) is 2.56. The molecule has 0 unspecified atom stereocenters. The van der Waals surface area contributed by atoms with E-state index < -0.39 is 0 Å². The summed E-state index contributed by atoms with van der Waals surface area (Å²) < 4.78 is 1.72. The van der Waals surface area contributed by atoms with Crippen molar-refractivity contribution in [3.05, 3.63) is 17.7 Å². The van der Waals surface area contributed by atoms with Gasteiger partial charge in [0.1, 0.15) is 6.54 Å². The Morgan fingerprint density at radius 1 is 1.35 bits per heavy atom. The van der Waals surface area contributed by atoms with Gasteiger partial charge in [0.15, 0.2) is 5.82 Å². The Morgan fingerprint density at radius 3 is 2.94 bits per heavy atom. The summed E-state index contributed by atoms with van der Waals surface area (Å²) in [5.74, 6) is 0.638. The molecule has 17 heavy (non-hydrogen) atoms. The van der Waals surface area contributed by atoms with Crippen LogP contribution in [0, 0.1) is 0 Å². The molecule has 90 valence electrons. The van der Waals surface area contributed by atoms with Crippen LogP contribution in [0.2, 0.25) is 0 Å². The molecular weight excluding hydrogens is 220 g/mol. The Labute approximate surface area is 98.0 Å². The van der Waals surface area contributed by atoms with E-state index in [1.54, 1.807) is 11.7 Å². The second kappa shape index (κ2) is 4.21. The topological polar surface area (TPSA) is 86.3 Å². The summed E-state index contributed by atoms with van der Waals surface area (Å²) in [4.78, 5) is 1.43. The van der Waals surface area contributed by atoms with Crippen molar-refractivity contribution < 1.29 is 0 Å². The molecule has 3 rings (SSSR count). The van der Waals surface area contributed by atoms with E-state index in [-0.39, 0.29) is 0 Å². The third-order valence-electron chi connectivity index (χ3n) is 2.59. The second-order valence-electron chi connectivity index (χ2n) is 4.26. The van der Waals surface area contributed by atoms with Gasteiger partial charge in [-0.3, -0.25) is 0 Å². The molecule has 1 saturated carbocycles. The van der Waals surface area contributed by atoms with Crippen LogP contribution in [0.25, 0.3) is 0 Å². The summed E-state index contributed by atoms with van der Waals surface area (Å²) in [6.07, 6.45) is 4.46. The lowest BCUT2D eigenvalue weighted by molar-refractivity contribution is 0.607. The van der Waals surface area contributed by atoms with E-state index in [4.69, 9.17) is 0 Å². The van der Waals surface area contributed by atoms with Gasteiger partial charge in [-0.05, 0) is 18.1 Å². The monoisotopic (exact) mass is 234 g/mol. The number of rotatable bonds is 5. The first kappa shape index (κ1) is 10.3. The van der Waals surface area contributed by atoms with Crippen molar-refractivity contribution in [3.8, 4) is 0 Å². The molecule has 8 nitrogen and oxygen atoms in total. The van der Waals surface area contributed by atoms with Crippen LogP contribution in [0.3, 0.4) is 0 Å². The number of tetrazole rings is 1. The van der Waals surface area contributed by atoms with Crippen LogP contribution in [0.4, 0.5) is 0 Å². The molecule has 0 saturated heterocycles. The number of aryl methyl sites for hydroxylation is 1. The predicted octanol–water partition coefficient (Wildman–Crippen LogP) is -0.898. The van der Waals surface area contributed by atoms with Crippen molar-refractivity contribution in [1.29, 1.82) is 0 Å². The summed E-state index contributed by atoms with van der Waals surface area (Å²) in [5.41, 5.74) is 0.945. The summed E-state index contributed by atoms with van der Waals surface area (Å²) in [6, 6.07) is 0.682. The zero-order chi connectivity index (χ0) is 11.7. The van der Waals surface area contributed by atoms with E-state index in [2.05, 4.69) is 31.0 Å². The van der Waals surface area contributed by atoms with Crippen molar-refractivity contribution in [1.82, 2.24) is 40.5 Å². The number of nitrogens with zero attached hydrogens (tertiary/aromatic N) is 7. The molecule has 0 spiro atoms. The van der Waals surface area contributed by atoms with Crippen LogP contribution in [-0.2, 0) is 20.1 Å². The van der Waals surface area contributed by atoms with Gasteiger partial charge >= 0.3 is 0 Å². The van der Waals surface area contributed by atoms with Gasteiger partial charge in [-0.2, -0.15) is 4.80 Å². The molecule has 1 aliphatic carbocycles. The van der Waals surface area contributed by atoms with Gasteiger partial charge in [0, 0.05) is 12.6 Å². The molecule has 0 amide bonds. The highest BCUT2D eigenvalue weighted by atomic mass is 15.6. The van der Waals surface area contributed by atoms with Gasteiger partial charge in [-0.1, -0.05) is 5.21 Å². The molecule has 8 heteroatoms. The molecule has 0 aromatic carbocycles. The van der Waals surface area contributed by atoms with Crippen molar-refractivity contribution in [2.75, 3.05) is 0 Å². The first-order chi connectivity index (χ1) is 8.29. The van der Waals surface area contributed by atoms with Gasteiger partial charge in [0.05, 0.1) is 18.9 Å². The Balaban J connectivity index is 1.59. The van der Waals surface area contributed by atoms with Crippen molar-refractivity contribution >= 4 is 0 Å². The smallest absolute Gasteiger partial charge is 0.196 e. The number of hydrogen-bond donors (Lipinski definition) is 1. The van der Waals surface area contributed by atoms with Crippen LogP contribution in [0.1, 0.15) is 24.4 Å². The van der Waals surface area contributed by atoms with Crippen molar-refractivity contribution in [3.63, 3.8) is 0 Å². The Bertz CT molecular complexity index is 497. The highest BCUT2D eigenvalue weighted by Gasteiger charge is 2.20. The fourth-order valence-corrected chi connectivity index (χ4v) is 1.56. The lowest BCUT2D eigenvalue weighted by atomic mass is 10.4. The first-order valence-electron chi connectivity index (χ1n) is 5.65. The minimum atomic E-state index is 0.504. The van der Waals surface area contributed by atoms with Gasteiger partial charge in [-0.25, -0.2) is 4.68 Å². The lowest BCUT2D eigenvalue weighted by Gasteiger charge is -1.96. The van der Waals surface area contributed by atoms with Gasteiger partial charge in [-0.15, -0.1) is 15.3 Å². The maximum Gasteiger partial charge on any atom is 0.196 e. The van der Waals surface area contributed by atoms with Crippen LogP contribution >= 0.6 is 0 Å². The molecule has 1 aliphatic rings. The van der Waals surface area contributed by atoms with E-state index >= 15 is 0 Å². The Hall–Kier alpha value is -1.83. The largest absolute Gasteiger partial charge is 0.308 e. The van der Waals surface area contributed by atoms with Crippen LogP contribution in [0.15, 0.2) is 6.20 Å². The summed E-state index contributed by atoms with van der Waals surface area (Å²) in [7, 11) is 1.74. The molecule has 0 aliphatic heterocycles. The van der Waals surface area contributed by atoms with Crippen LogP contribution in [0.5, 0.6) is 0 Å². The molecule has 0 atom stereocenters. The van der Waals surface area contributed by atoms with Gasteiger partial charge < -0.3 is 5.32 Å². The lowest BCUT2D eigenvalue weighted by Crippen LogP contribution is -2.15. The number of nitrogens with one attached hydrogen (secondary N) is 1. The zero-order valence-electron chi connectivity index (χ0n) is 9.61. The van der Waals surface area contributed by atoms with E-state index in [1.165, 1.54) is 17.6 Å². The predicted molar refractivity (Wildman–Crippen MR) is 57.8 cm³/mol. The maximum absolute atomic E-state index is 4.09. The van der Waals surface area contributed by atoms with Crippen LogP contribution < -0.4 is 5.32 Å². The third kappa shape index (κ3) is 2.64. The van der Waals surface area contributed by atoms with Gasteiger partial charge in [0.2, 0.25) is 0 Å². The number of aromatic nitrogens is 7. The summed E-state index contributed by atoms with van der Waals surface area (Å²) in [6.45, 7) is 1.28. The van der Waals surface area contributed by atoms with Crippen molar-refractivity contribution in [2.45, 2.75) is 32.0 Å². The maximum atomic E-state index is 4.09. The molecule has 2 aromatic rings. The minimum Gasteiger partial charge on any atom is -0.308 e. The average Bonchev–Trinajstić information content (AvgIpc) is 2.90. The summed E-state index contributed by atoms with van der Waals surface area (Å²) >= 11 is 0. The van der Waals surface area contributed by atoms with E-state index in [0.29, 0.717) is 18.4 Å². The quantitative estimate of drug-likeness (QED) is 0.721. The second-order valence-corrected chi connectivity index (χ2v) is 4.26. The average molecular weight is 234 g/mol. The third-order valence-corrected chi connectivity index (χ3v) is 2.59. The number of hydrogen-bond acceptors (Lipinski definition) is 6. The summed E-state index contributed by atoms with van der Waals surface area (Å²) in [5, 5.41) is 23.3. The Morgan fingerprint density at radius 2 is 2.24 bits per heavy atom. The molecule has 0 bridgehead atoms. The normalized spacial score (nSPS) is 15.4. The first-order valence-corrected chi connectivity index (χ1v) is 5.65. The standard InChI is InChI=1S/C9H14N8/c1-16-13-9(12-14-16)6-17-5-8(11-15-17)4-10-7-2-3-7/h5,7,10H,2-4,6H2,1H3. The molecule has 0 radical (unpaired) electrons. The van der Waals surface area contributed by atoms with E-state index in [9.17, 15) is 0 Å².